The molecule has 2 aromatic carbocycles. The summed E-state index contributed by atoms with van der Waals surface area (Å²) < 4.78 is 5.89. The Kier molecular flexibility index (Phi) is 6.55. The third-order valence-electron chi connectivity index (χ3n) is 4.51. The zero-order valence-electron chi connectivity index (χ0n) is 16.4. The Morgan fingerprint density at radius 2 is 1.97 bits per heavy atom. The molecular weight excluding hydrogens is 410 g/mol. The molecule has 0 radical (unpaired) electrons. The maximum Gasteiger partial charge on any atom is 0.293 e. The first kappa shape index (κ1) is 21.3. The Labute approximate surface area is 179 Å². The zero-order chi connectivity index (χ0) is 21.1. The maximum absolute atomic E-state index is 12.6. The molecule has 0 aliphatic carbocycles. The molecule has 2 amide bonds. The number of hydrogen-bond donors (Lipinski definition) is 1. The van der Waals surface area contributed by atoms with Crippen LogP contribution in [-0.4, -0.2) is 34.3 Å². The number of phenols is 1. The van der Waals surface area contributed by atoms with Gasteiger partial charge in [-0.1, -0.05) is 37.6 Å². The number of carbonyl (C=O) groups is 2. The lowest BCUT2D eigenvalue weighted by atomic mass is 10.0. The van der Waals surface area contributed by atoms with Crippen molar-refractivity contribution < 1.29 is 19.4 Å². The molecule has 2 aromatic rings. The predicted octanol–water partition coefficient (Wildman–Crippen LogP) is 5.59. The van der Waals surface area contributed by atoms with E-state index in [4.69, 9.17) is 16.3 Å². The lowest BCUT2D eigenvalue weighted by Crippen LogP contribution is -2.32. The number of nitrogens with zero attached hydrogens (tertiary/aromatic N) is 1. The van der Waals surface area contributed by atoms with Crippen LogP contribution in [0.15, 0.2) is 41.3 Å². The molecule has 0 unspecified atom stereocenters. The fourth-order valence-electron chi connectivity index (χ4n) is 2.97. The van der Waals surface area contributed by atoms with Gasteiger partial charge in [0.05, 0.1) is 11.4 Å². The van der Waals surface area contributed by atoms with Crippen molar-refractivity contribution >= 4 is 40.6 Å². The van der Waals surface area contributed by atoms with Gasteiger partial charge < -0.3 is 9.84 Å². The van der Waals surface area contributed by atoms with Crippen molar-refractivity contribution in [2.24, 2.45) is 0 Å². The number of aromatic hydroxyl groups is 1. The predicted molar refractivity (Wildman–Crippen MR) is 117 cm³/mol. The molecule has 0 atom stereocenters. The summed E-state index contributed by atoms with van der Waals surface area (Å²) in [6.45, 7) is 6.52. The highest BCUT2D eigenvalue weighted by atomic mass is 35.5. The van der Waals surface area contributed by atoms with Crippen LogP contribution in [0.1, 0.15) is 36.5 Å². The molecule has 5 nitrogen and oxygen atoms in total. The van der Waals surface area contributed by atoms with Crippen LogP contribution in [0, 0.1) is 6.92 Å². The zero-order valence-corrected chi connectivity index (χ0v) is 18.0. The highest BCUT2D eigenvalue weighted by Gasteiger charge is 2.35. The van der Waals surface area contributed by atoms with Gasteiger partial charge in [0.15, 0.2) is 0 Å². The number of ether oxygens (including phenoxy) is 1. The maximum atomic E-state index is 12.6. The van der Waals surface area contributed by atoms with Gasteiger partial charge in [0.1, 0.15) is 18.1 Å². The normalized spacial score (nSPS) is 15.6. The second-order valence-electron chi connectivity index (χ2n) is 7.08. The molecule has 1 heterocycles. The van der Waals surface area contributed by atoms with Crippen molar-refractivity contribution in [3.05, 3.63) is 63.0 Å². The molecule has 1 aliphatic heterocycles. The first-order valence-corrected chi connectivity index (χ1v) is 10.4. The Hall–Kier alpha value is -2.44. The lowest BCUT2D eigenvalue weighted by molar-refractivity contribution is -0.123. The highest BCUT2D eigenvalue weighted by molar-refractivity contribution is 8.18. The molecule has 29 heavy (non-hydrogen) atoms. The highest BCUT2D eigenvalue weighted by Crippen LogP contribution is 2.34. The van der Waals surface area contributed by atoms with Gasteiger partial charge in [-0.25, -0.2) is 0 Å². The summed E-state index contributed by atoms with van der Waals surface area (Å²) >= 11 is 6.78. The fraction of sp³-hybridized carbons (Fsp3) is 0.273. The van der Waals surface area contributed by atoms with Gasteiger partial charge in [0.25, 0.3) is 11.1 Å². The smallest absolute Gasteiger partial charge is 0.293 e. The molecule has 152 valence electrons. The van der Waals surface area contributed by atoms with E-state index in [1.165, 1.54) is 12.1 Å². The van der Waals surface area contributed by atoms with Crippen LogP contribution >= 0.6 is 23.4 Å². The lowest BCUT2D eigenvalue weighted by Gasteiger charge is -2.17. The Morgan fingerprint density at radius 3 is 2.69 bits per heavy atom. The van der Waals surface area contributed by atoms with Crippen molar-refractivity contribution in [3.63, 3.8) is 0 Å². The summed E-state index contributed by atoms with van der Waals surface area (Å²) in [4.78, 5) is 26.3. The second-order valence-corrected chi connectivity index (χ2v) is 8.51. The van der Waals surface area contributed by atoms with E-state index in [1.807, 2.05) is 25.1 Å². The summed E-state index contributed by atoms with van der Waals surface area (Å²) in [5.41, 5.74) is 2.56. The van der Waals surface area contributed by atoms with E-state index in [2.05, 4.69) is 13.8 Å². The number of hydrogen-bond acceptors (Lipinski definition) is 5. The van der Waals surface area contributed by atoms with Gasteiger partial charge in [0, 0.05) is 10.6 Å². The Balaban J connectivity index is 1.69. The number of imide groups is 1. The molecular formula is C22H22ClNO4S. The summed E-state index contributed by atoms with van der Waals surface area (Å²) in [7, 11) is 0. The molecule has 1 aliphatic rings. The number of halogens is 1. The van der Waals surface area contributed by atoms with Gasteiger partial charge >= 0.3 is 0 Å². The van der Waals surface area contributed by atoms with Crippen LogP contribution in [0.2, 0.25) is 5.02 Å². The summed E-state index contributed by atoms with van der Waals surface area (Å²) in [5, 5.41) is 10.0. The number of carbonyl (C=O) groups excluding carboxylic acids is 2. The van der Waals surface area contributed by atoms with Gasteiger partial charge in [-0.15, -0.1) is 0 Å². The van der Waals surface area contributed by atoms with E-state index in [9.17, 15) is 14.7 Å². The quantitative estimate of drug-likeness (QED) is 0.603. The topological polar surface area (TPSA) is 66.8 Å². The van der Waals surface area contributed by atoms with E-state index >= 15 is 0 Å². The number of benzene rings is 2. The van der Waals surface area contributed by atoms with Gasteiger partial charge in [0.2, 0.25) is 0 Å². The summed E-state index contributed by atoms with van der Waals surface area (Å²) in [6.07, 6.45) is 1.48. The summed E-state index contributed by atoms with van der Waals surface area (Å²) in [6, 6.07) is 10.6. The monoisotopic (exact) mass is 431 g/mol. The minimum Gasteiger partial charge on any atom is -0.507 e. The second kappa shape index (κ2) is 8.93. The van der Waals surface area contributed by atoms with Gasteiger partial charge in [-0.2, -0.15) is 0 Å². The molecule has 1 fully saturated rings. The van der Waals surface area contributed by atoms with Gasteiger partial charge in [-0.05, 0) is 66.1 Å². The van der Waals surface area contributed by atoms with E-state index < -0.39 is 5.91 Å². The largest absolute Gasteiger partial charge is 0.507 e. The van der Waals surface area contributed by atoms with Crippen LogP contribution in [0.5, 0.6) is 11.5 Å². The van der Waals surface area contributed by atoms with E-state index in [-0.39, 0.29) is 29.0 Å². The number of aryl methyl sites for hydroxylation is 1. The molecule has 0 saturated carbocycles. The third-order valence-corrected chi connectivity index (χ3v) is 5.66. The number of amides is 2. The average molecular weight is 432 g/mol. The Bertz CT molecular complexity index is 987. The fourth-order valence-corrected chi connectivity index (χ4v) is 4.00. The first-order chi connectivity index (χ1) is 13.8. The van der Waals surface area contributed by atoms with Crippen molar-refractivity contribution in [3.8, 4) is 11.5 Å². The van der Waals surface area contributed by atoms with Crippen LogP contribution in [0.3, 0.4) is 0 Å². The van der Waals surface area contributed by atoms with Crippen LogP contribution < -0.4 is 4.74 Å². The minimum atomic E-state index is -0.406. The van der Waals surface area contributed by atoms with Crippen LogP contribution in [0.4, 0.5) is 4.79 Å². The standard InChI is InChI=1S/C22H22ClNO4S/c1-13(2)17-6-4-14(3)10-19(17)28-9-8-24-21(26)20(29-22(24)27)12-15-11-16(23)5-7-18(15)25/h4-7,10-13,25H,8-9H2,1-3H3/b20-12-. The third kappa shape index (κ3) is 4.95. The van der Waals surface area contributed by atoms with Crippen LogP contribution in [-0.2, 0) is 4.79 Å². The molecule has 0 bridgehead atoms. The Morgan fingerprint density at radius 1 is 1.21 bits per heavy atom. The van der Waals surface area contributed by atoms with E-state index in [0.29, 0.717) is 16.5 Å². The average Bonchev–Trinajstić information content (AvgIpc) is 2.92. The molecule has 0 aromatic heterocycles. The first-order valence-electron chi connectivity index (χ1n) is 9.23. The number of phenolic OH excluding ortho intramolecular Hbond substituents is 1. The van der Waals surface area contributed by atoms with Crippen molar-refractivity contribution in [1.29, 1.82) is 0 Å². The molecule has 1 N–H and O–H groups in total. The SMILES string of the molecule is Cc1ccc(C(C)C)c(OCCN2C(=O)S/C(=C\c3cc(Cl)ccc3O)C2=O)c1. The summed E-state index contributed by atoms with van der Waals surface area (Å²) in [5.74, 6) is 0.656. The van der Waals surface area contributed by atoms with Crippen molar-refractivity contribution in [2.45, 2.75) is 26.7 Å². The van der Waals surface area contributed by atoms with E-state index in [1.54, 1.807) is 12.1 Å². The van der Waals surface area contributed by atoms with Gasteiger partial charge in [-0.3, -0.25) is 14.5 Å². The molecule has 0 spiro atoms. The molecule has 1 saturated heterocycles. The molecule has 3 rings (SSSR count). The van der Waals surface area contributed by atoms with Crippen molar-refractivity contribution in [2.75, 3.05) is 13.2 Å². The minimum absolute atomic E-state index is 0.00908. The van der Waals surface area contributed by atoms with Crippen molar-refractivity contribution in [1.82, 2.24) is 4.90 Å². The number of rotatable bonds is 6. The molecule has 7 heteroatoms. The van der Waals surface area contributed by atoms with E-state index in [0.717, 1.165) is 33.5 Å². The number of thioether (sulfide) groups is 1. The van der Waals surface area contributed by atoms with Crippen LogP contribution in [0.25, 0.3) is 6.08 Å².